The molecular weight excluding hydrogens is 385 g/mol. The van der Waals surface area contributed by atoms with Crippen LogP contribution in [-0.2, 0) is 13.2 Å². The van der Waals surface area contributed by atoms with Crippen LogP contribution in [0.5, 0.6) is 0 Å². The molecule has 0 saturated heterocycles. The molecule has 0 aliphatic carbocycles. The number of halogens is 1. The maximum Gasteiger partial charge on any atom is 0.207 e. The van der Waals surface area contributed by atoms with Crippen LogP contribution in [-0.4, -0.2) is 26.4 Å². The minimum atomic E-state index is -0.225. The van der Waals surface area contributed by atoms with Gasteiger partial charge in [0.05, 0.1) is 7.05 Å². The second kappa shape index (κ2) is 8.46. The van der Waals surface area contributed by atoms with Crippen LogP contribution in [0.4, 0.5) is 4.39 Å². The van der Waals surface area contributed by atoms with Gasteiger partial charge in [-0.25, -0.2) is 4.39 Å². The predicted octanol–water partition coefficient (Wildman–Crippen LogP) is 3.28. The number of benzene rings is 2. The Bertz CT molecular complexity index is 1140. The number of aromatic nitrogens is 4. The highest BCUT2D eigenvalue weighted by Crippen LogP contribution is 2.21. The average molecular weight is 407 g/mol. The van der Waals surface area contributed by atoms with Crippen molar-refractivity contribution < 1.29 is 9.29 Å². The Hall–Kier alpha value is -3.16. The van der Waals surface area contributed by atoms with E-state index in [1.165, 1.54) is 17.0 Å². The molecule has 0 saturated carbocycles. The van der Waals surface area contributed by atoms with Crippen molar-refractivity contribution in [1.29, 1.82) is 0 Å². The molecule has 5 nitrogen and oxygen atoms in total. The van der Waals surface area contributed by atoms with Gasteiger partial charge < -0.3 is 4.90 Å². The summed E-state index contributed by atoms with van der Waals surface area (Å²) in [6.07, 6.45) is 3.50. The van der Waals surface area contributed by atoms with E-state index >= 15 is 0 Å². The number of hydrogen-bond donors (Lipinski definition) is 1. The summed E-state index contributed by atoms with van der Waals surface area (Å²) in [6, 6.07) is 20.4. The van der Waals surface area contributed by atoms with Crippen molar-refractivity contribution in [3.63, 3.8) is 0 Å². The summed E-state index contributed by atoms with van der Waals surface area (Å²) in [6.45, 7) is 1.33. The van der Waals surface area contributed by atoms with E-state index in [1.54, 1.807) is 12.4 Å². The first kappa shape index (κ1) is 19.2. The molecule has 4 rings (SSSR count). The fraction of sp³-hybridized carbons (Fsp3) is 0.136. The Kier molecular flexibility index (Phi) is 5.59. The molecule has 0 aliphatic heterocycles. The van der Waals surface area contributed by atoms with Crippen LogP contribution < -0.4 is 4.90 Å². The third-order valence-corrected chi connectivity index (χ3v) is 5.02. The lowest BCUT2D eigenvalue weighted by Crippen LogP contribution is -3.07. The number of para-hydroxylation sites is 1. The Morgan fingerprint density at radius 1 is 0.966 bits per heavy atom. The van der Waals surface area contributed by atoms with Crippen LogP contribution in [0.3, 0.4) is 0 Å². The van der Waals surface area contributed by atoms with E-state index in [2.05, 4.69) is 12.0 Å². The molecule has 2 aromatic carbocycles. The van der Waals surface area contributed by atoms with Gasteiger partial charge in [-0.15, -0.1) is 5.10 Å². The summed E-state index contributed by atoms with van der Waals surface area (Å²) in [5.41, 5.74) is 2.98. The fourth-order valence-electron chi connectivity index (χ4n) is 3.27. The molecule has 2 heterocycles. The first-order valence-corrected chi connectivity index (χ1v) is 9.74. The van der Waals surface area contributed by atoms with Crippen LogP contribution in [0.1, 0.15) is 5.56 Å². The highest BCUT2D eigenvalue weighted by molar-refractivity contribution is 7.71. The van der Waals surface area contributed by atoms with Gasteiger partial charge >= 0.3 is 0 Å². The molecule has 1 atom stereocenters. The van der Waals surface area contributed by atoms with Gasteiger partial charge in [0.2, 0.25) is 4.77 Å². The number of quaternary nitrogens is 1. The van der Waals surface area contributed by atoms with Crippen LogP contribution in [0.25, 0.3) is 17.1 Å². The van der Waals surface area contributed by atoms with E-state index in [0.717, 1.165) is 29.2 Å². The summed E-state index contributed by atoms with van der Waals surface area (Å²) >= 11 is 5.78. The standard InChI is InChI=1S/C22H20FN5S/c1-26(15-17-7-9-19(23)10-8-17)16-27-22(29)28(20-5-3-2-4-6-20)21(25-27)18-11-13-24-14-12-18/h2-14H,15-16H2,1H3/p+1. The van der Waals surface area contributed by atoms with Gasteiger partial charge in [0.15, 0.2) is 12.5 Å². The summed E-state index contributed by atoms with van der Waals surface area (Å²) in [5.74, 6) is 0.551. The molecule has 0 bridgehead atoms. The largest absolute Gasteiger partial charge is 0.315 e. The van der Waals surface area contributed by atoms with Crippen molar-refractivity contribution in [2.24, 2.45) is 0 Å². The lowest BCUT2D eigenvalue weighted by molar-refractivity contribution is -0.917. The highest BCUT2D eigenvalue weighted by atomic mass is 32.1. The van der Waals surface area contributed by atoms with Crippen molar-refractivity contribution in [3.8, 4) is 17.1 Å². The quantitative estimate of drug-likeness (QED) is 0.500. The van der Waals surface area contributed by atoms with E-state index < -0.39 is 0 Å². The maximum atomic E-state index is 13.2. The van der Waals surface area contributed by atoms with Crippen molar-refractivity contribution >= 4 is 12.2 Å². The molecule has 2 aromatic heterocycles. The van der Waals surface area contributed by atoms with Crippen molar-refractivity contribution in [2.75, 3.05) is 7.05 Å². The summed E-state index contributed by atoms with van der Waals surface area (Å²) in [4.78, 5) is 5.29. The van der Waals surface area contributed by atoms with Crippen LogP contribution in [0, 0.1) is 10.6 Å². The molecule has 146 valence electrons. The third-order valence-electron chi connectivity index (χ3n) is 4.63. The van der Waals surface area contributed by atoms with E-state index in [-0.39, 0.29) is 5.82 Å². The Balaban J connectivity index is 1.68. The number of pyridine rings is 1. The third kappa shape index (κ3) is 4.31. The van der Waals surface area contributed by atoms with Gasteiger partial charge in [-0.3, -0.25) is 9.55 Å². The van der Waals surface area contributed by atoms with E-state index in [9.17, 15) is 4.39 Å². The monoisotopic (exact) mass is 406 g/mol. The maximum absolute atomic E-state index is 13.2. The van der Waals surface area contributed by atoms with Gasteiger partial charge in [-0.2, -0.15) is 4.68 Å². The van der Waals surface area contributed by atoms with Gasteiger partial charge in [0.25, 0.3) is 0 Å². The predicted molar refractivity (Wildman–Crippen MR) is 113 cm³/mol. The van der Waals surface area contributed by atoms with E-state index in [1.807, 2.05) is 63.8 Å². The zero-order valence-corrected chi connectivity index (χ0v) is 16.8. The molecule has 0 amide bonds. The topological polar surface area (TPSA) is 40.1 Å². The number of nitrogens with zero attached hydrogens (tertiary/aromatic N) is 4. The zero-order chi connectivity index (χ0) is 20.2. The van der Waals surface area contributed by atoms with Crippen molar-refractivity contribution in [2.45, 2.75) is 13.2 Å². The zero-order valence-electron chi connectivity index (χ0n) is 16.0. The van der Waals surface area contributed by atoms with Gasteiger partial charge in [0.1, 0.15) is 12.4 Å². The molecule has 1 N–H and O–H groups in total. The second-order valence-corrected chi connectivity index (χ2v) is 7.30. The first-order chi connectivity index (χ1) is 14.1. The van der Waals surface area contributed by atoms with E-state index in [4.69, 9.17) is 17.3 Å². The molecule has 0 fully saturated rings. The average Bonchev–Trinajstić information content (AvgIpc) is 3.07. The van der Waals surface area contributed by atoms with Crippen LogP contribution >= 0.6 is 12.2 Å². The normalized spacial score (nSPS) is 12.1. The molecule has 7 heteroatoms. The Morgan fingerprint density at radius 3 is 2.34 bits per heavy atom. The molecule has 0 aliphatic rings. The first-order valence-electron chi connectivity index (χ1n) is 9.33. The summed E-state index contributed by atoms with van der Waals surface area (Å²) in [5, 5.41) is 4.82. The molecule has 4 aromatic rings. The van der Waals surface area contributed by atoms with Crippen molar-refractivity contribution in [3.05, 3.63) is 95.3 Å². The molecular formula is C22H21FN5S+. The lowest BCUT2D eigenvalue weighted by atomic mass is 10.2. The van der Waals surface area contributed by atoms with Gasteiger partial charge in [-0.05, 0) is 48.6 Å². The molecule has 0 spiro atoms. The minimum Gasteiger partial charge on any atom is -0.315 e. The summed E-state index contributed by atoms with van der Waals surface area (Å²) in [7, 11) is 2.07. The molecule has 0 radical (unpaired) electrons. The summed E-state index contributed by atoms with van der Waals surface area (Å²) < 4.78 is 17.6. The van der Waals surface area contributed by atoms with Crippen LogP contribution in [0.15, 0.2) is 79.1 Å². The smallest absolute Gasteiger partial charge is 0.207 e. The fourth-order valence-corrected chi connectivity index (χ4v) is 3.57. The molecule has 1 unspecified atom stereocenters. The Labute approximate surface area is 173 Å². The molecule has 29 heavy (non-hydrogen) atoms. The van der Waals surface area contributed by atoms with E-state index in [0.29, 0.717) is 11.4 Å². The minimum absolute atomic E-state index is 0.225. The van der Waals surface area contributed by atoms with Gasteiger partial charge in [-0.1, -0.05) is 30.3 Å². The van der Waals surface area contributed by atoms with Crippen LogP contribution in [0.2, 0.25) is 0 Å². The lowest BCUT2D eigenvalue weighted by Gasteiger charge is -2.13. The highest BCUT2D eigenvalue weighted by Gasteiger charge is 2.16. The number of nitrogens with one attached hydrogen (secondary N) is 1. The van der Waals surface area contributed by atoms with Crippen molar-refractivity contribution in [1.82, 2.24) is 19.3 Å². The number of hydrogen-bond acceptors (Lipinski definition) is 3. The second-order valence-electron chi connectivity index (χ2n) is 6.93. The SMILES string of the molecule is C[NH+](Cc1ccc(F)cc1)Cn1nc(-c2ccncc2)n(-c2ccccc2)c1=S. The Morgan fingerprint density at radius 2 is 1.66 bits per heavy atom. The van der Waals surface area contributed by atoms with Gasteiger partial charge in [0, 0.05) is 29.2 Å². The number of rotatable bonds is 6.